The maximum atomic E-state index is 12.5. The first kappa shape index (κ1) is 22.3. The Labute approximate surface area is 200 Å². The predicted molar refractivity (Wildman–Crippen MR) is 131 cm³/mol. The van der Waals surface area contributed by atoms with Crippen LogP contribution >= 0.6 is 35.0 Å². The highest BCUT2D eigenvalue weighted by Crippen LogP contribution is 2.31. The van der Waals surface area contributed by atoms with Gasteiger partial charge in [0, 0.05) is 27.0 Å². The van der Waals surface area contributed by atoms with Crippen molar-refractivity contribution in [1.82, 2.24) is 9.55 Å². The molecule has 0 saturated carbocycles. The Morgan fingerprint density at radius 1 is 1.03 bits per heavy atom. The number of halogens is 2. The normalized spacial score (nSPS) is 10.7. The van der Waals surface area contributed by atoms with Crippen LogP contribution in [0.4, 0.5) is 5.69 Å². The van der Waals surface area contributed by atoms with Crippen LogP contribution in [0.15, 0.2) is 84.1 Å². The Morgan fingerprint density at radius 3 is 2.44 bits per heavy atom. The van der Waals surface area contributed by atoms with Crippen molar-refractivity contribution in [1.29, 1.82) is 0 Å². The Kier molecular flexibility index (Phi) is 7.05. The summed E-state index contributed by atoms with van der Waals surface area (Å²) in [5, 5.41) is 4.72. The molecule has 0 radical (unpaired) electrons. The number of thioether (sulfide) groups is 1. The summed E-state index contributed by atoms with van der Waals surface area (Å²) in [5.74, 6) is 0.811. The summed E-state index contributed by atoms with van der Waals surface area (Å²) in [6.45, 7) is 0. The molecule has 1 N–H and O–H groups in total. The van der Waals surface area contributed by atoms with Gasteiger partial charge in [0.25, 0.3) is 0 Å². The van der Waals surface area contributed by atoms with E-state index in [0.717, 1.165) is 22.7 Å². The first-order valence-corrected chi connectivity index (χ1v) is 11.4. The molecule has 1 amide bonds. The van der Waals surface area contributed by atoms with Gasteiger partial charge in [-0.1, -0.05) is 47.1 Å². The molecule has 1 aromatic heterocycles. The van der Waals surface area contributed by atoms with Crippen LogP contribution in [-0.4, -0.2) is 28.3 Å². The lowest BCUT2D eigenvalue weighted by Gasteiger charge is -2.13. The molecule has 3 aromatic carbocycles. The molecule has 0 fully saturated rings. The summed E-state index contributed by atoms with van der Waals surface area (Å²) >= 11 is 13.6. The van der Waals surface area contributed by atoms with Crippen molar-refractivity contribution >= 4 is 46.6 Å². The fourth-order valence-corrected chi connectivity index (χ4v) is 4.33. The fourth-order valence-electron chi connectivity index (χ4n) is 3.16. The van der Waals surface area contributed by atoms with E-state index in [-0.39, 0.29) is 11.7 Å². The average molecular weight is 484 g/mol. The van der Waals surface area contributed by atoms with Gasteiger partial charge in [-0.25, -0.2) is 4.98 Å². The molecule has 32 heavy (non-hydrogen) atoms. The zero-order valence-electron chi connectivity index (χ0n) is 17.1. The number of aromatic nitrogens is 2. The van der Waals surface area contributed by atoms with Crippen molar-refractivity contribution in [3.05, 3.63) is 89.0 Å². The summed E-state index contributed by atoms with van der Waals surface area (Å²) in [7, 11) is 1.63. The molecule has 0 aliphatic rings. The standard InChI is InChI=1S/C24H19Cl2N3O2S/c1-31-21-10-8-16(9-11-21)22-14-27-24(29(22)20-7-3-5-18(26)13-20)32-15-23(30)28-19-6-2-4-17(25)12-19/h2-14H,15H2,1H3,(H,28,30). The SMILES string of the molecule is COc1ccc(-c2cnc(SCC(=O)Nc3cccc(Cl)c3)n2-c2cccc(Cl)c2)cc1. The molecule has 1 heterocycles. The molecule has 0 atom stereocenters. The lowest BCUT2D eigenvalue weighted by Crippen LogP contribution is -2.14. The number of nitrogens with one attached hydrogen (secondary N) is 1. The second kappa shape index (κ2) is 10.1. The molecule has 0 unspecified atom stereocenters. The highest BCUT2D eigenvalue weighted by Gasteiger charge is 2.16. The molecule has 4 aromatic rings. The summed E-state index contributed by atoms with van der Waals surface area (Å²) in [6.07, 6.45) is 1.79. The third-order valence-corrected chi connectivity index (χ3v) is 6.05. The number of hydrogen-bond acceptors (Lipinski definition) is 4. The number of carbonyl (C=O) groups is 1. The Morgan fingerprint density at radius 2 is 1.75 bits per heavy atom. The van der Waals surface area contributed by atoms with Gasteiger partial charge in [-0.05, 0) is 60.7 Å². The van der Waals surface area contributed by atoms with E-state index in [1.54, 1.807) is 37.6 Å². The van der Waals surface area contributed by atoms with Gasteiger partial charge in [0.2, 0.25) is 5.91 Å². The van der Waals surface area contributed by atoms with Crippen molar-refractivity contribution < 1.29 is 9.53 Å². The van der Waals surface area contributed by atoms with Crippen LogP contribution in [0.25, 0.3) is 16.9 Å². The van der Waals surface area contributed by atoms with Gasteiger partial charge in [0.15, 0.2) is 5.16 Å². The van der Waals surface area contributed by atoms with E-state index in [0.29, 0.717) is 20.9 Å². The van der Waals surface area contributed by atoms with Crippen LogP contribution in [0, 0.1) is 0 Å². The van der Waals surface area contributed by atoms with E-state index in [1.165, 1.54) is 11.8 Å². The highest BCUT2D eigenvalue weighted by atomic mass is 35.5. The second-order valence-corrected chi connectivity index (χ2v) is 8.63. The number of rotatable bonds is 7. The van der Waals surface area contributed by atoms with Crippen LogP contribution in [0.3, 0.4) is 0 Å². The number of nitrogens with zero attached hydrogens (tertiary/aromatic N) is 2. The van der Waals surface area contributed by atoms with Crippen molar-refractivity contribution in [3.8, 4) is 22.7 Å². The van der Waals surface area contributed by atoms with E-state index in [2.05, 4.69) is 10.3 Å². The van der Waals surface area contributed by atoms with Crippen molar-refractivity contribution in [2.75, 3.05) is 18.2 Å². The van der Waals surface area contributed by atoms with E-state index >= 15 is 0 Å². The van der Waals surface area contributed by atoms with Crippen LogP contribution < -0.4 is 10.1 Å². The number of ether oxygens (including phenoxy) is 1. The fraction of sp³-hybridized carbons (Fsp3) is 0.0833. The maximum Gasteiger partial charge on any atom is 0.234 e. The molecule has 0 bridgehead atoms. The van der Waals surface area contributed by atoms with Crippen LogP contribution in [0.5, 0.6) is 5.75 Å². The Bertz CT molecular complexity index is 1240. The molecule has 4 rings (SSSR count). The number of anilines is 1. The van der Waals surface area contributed by atoms with Crippen molar-refractivity contribution in [3.63, 3.8) is 0 Å². The van der Waals surface area contributed by atoms with Gasteiger partial charge < -0.3 is 10.1 Å². The Hall–Kier alpha value is -2.93. The van der Waals surface area contributed by atoms with E-state index < -0.39 is 0 Å². The third kappa shape index (κ3) is 5.27. The van der Waals surface area contributed by atoms with Crippen LogP contribution in [0.1, 0.15) is 0 Å². The minimum atomic E-state index is -0.149. The molecular weight excluding hydrogens is 465 g/mol. The van der Waals surface area contributed by atoms with Crippen LogP contribution in [-0.2, 0) is 4.79 Å². The molecule has 0 aliphatic heterocycles. The first-order chi connectivity index (χ1) is 15.5. The van der Waals surface area contributed by atoms with Gasteiger partial charge in [-0.15, -0.1) is 0 Å². The monoisotopic (exact) mass is 483 g/mol. The second-order valence-electron chi connectivity index (χ2n) is 6.82. The van der Waals surface area contributed by atoms with Gasteiger partial charge >= 0.3 is 0 Å². The zero-order chi connectivity index (χ0) is 22.5. The predicted octanol–water partition coefficient (Wildman–Crippen LogP) is 6.59. The molecule has 8 heteroatoms. The minimum absolute atomic E-state index is 0.149. The minimum Gasteiger partial charge on any atom is -0.497 e. The summed E-state index contributed by atoms with van der Waals surface area (Å²) in [6, 6.07) is 22.3. The third-order valence-electron chi connectivity index (χ3n) is 4.62. The quantitative estimate of drug-likeness (QED) is 0.301. The van der Waals surface area contributed by atoms with Gasteiger partial charge in [-0.3, -0.25) is 9.36 Å². The number of imidazole rings is 1. The summed E-state index contributed by atoms with van der Waals surface area (Å²) in [5.41, 5.74) is 3.36. The molecule has 0 aliphatic carbocycles. The number of carbonyl (C=O) groups excluding carboxylic acids is 1. The summed E-state index contributed by atoms with van der Waals surface area (Å²) in [4.78, 5) is 17.1. The number of hydrogen-bond donors (Lipinski definition) is 1. The first-order valence-electron chi connectivity index (χ1n) is 9.70. The molecule has 5 nitrogen and oxygen atoms in total. The van der Waals surface area contributed by atoms with Crippen molar-refractivity contribution in [2.45, 2.75) is 5.16 Å². The number of methoxy groups -OCH3 is 1. The largest absolute Gasteiger partial charge is 0.497 e. The maximum absolute atomic E-state index is 12.5. The smallest absolute Gasteiger partial charge is 0.234 e. The lowest BCUT2D eigenvalue weighted by molar-refractivity contribution is -0.113. The average Bonchev–Trinajstić information content (AvgIpc) is 3.22. The number of benzene rings is 3. The highest BCUT2D eigenvalue weighted by molar-refractivity contribution is 7.99. The summed E-state index contributed by atoms with van der Waals surface area (Å²) < 4.78 is 7.26. The van der Waals surface area contributed by atoms with E-state index in [4.69, 9.17) is 27.9 Å². The lowest BCUT2D eigenvalue weighted by atomic mass is 10.1. The van der Waals surface area contributed by atoms with E-state index in [9.17, 15) is 4.79 Å². The van der Waals surface area contributed by atoms with Gasteiger partial charge in [0.1, 0.15) is 5.75 Å². The van der Waals surface area contributed by atoms with Gasteiger partial charge in [-0.2, -0.15) is 0 Å². The van der Waals surface area contributed by atoms with Crippen molar-refractivity contribution in [2.24, 2.45) is 0 Å². The molecular formula is C24H19Cl2N3O2S. The zero-order valence-corrected chi connectivity index (χ0v) is 19.4. The molecule has 162 valence electrons. The van der Waals surface area contributed by atoms with Crippen LogP contribution in [0.2, 0.25) is 10.0 Å². The number of amides is 1. The molecule has 0 saturated heterocycles. The van der Waals surface area contributed by atoms with Gasteiger partial charge in [0.05, 0.1) is 24.8 Å². The topological polar surface area (TPSA) is 56.1 Å². The molecule has 0 spiro atoms. The van der Waals surface area contributed by atoms with E-state index in [1.807, 2.05) is 53.1 Å². The Balaban J connectivity index is 1.61.